The zero-order valence-corrected chi connectivity index (χ0v) is 8.12. The molecule has 6 heteroatoms. The minimum atomic E-state index is -1.09. The topological polar surface area (TPSA) is 98.7 Å². The molecular weight excluding hydrogens is 188 g/mol. The Morgan fingerprint density at radius 1 is 1.21 bits per heavy atom. The maximum Gasteiger partial charge on any atom is 0.404 e. The standard InChI is InChI=1S/C8H16N2O4/c1-2-3-6(10-8(13)14)4-5-9-7(11)12/h6,9-10H,2-5H2,1H3,(H,11,12)(H,13,14). The van der Waals surface area contributed by atoms with E-state index in [1.165, 1.54) is 0 Å². The summed E-state index contributed by atoms with van der Waals surface area (Å²) in [5.41, 5.74) is 0. The molecule has 6 nitrogen and oxygen atoms in total. The molecule has 0 saturated carbocycles. The number of hydrogen-bond donors (Lipinski definition) is 4. The van der Waals surface area contributed by atoms with Gasteiger partial charge in [-0.05, 0) is 12.8 Å². The lowest BCUT2D eigenvalue weighted by Crippen LogP contribution is -2.36. The fourth-order valence-corrected chi connectivity index (χ4v) is 1.17. The molecule has 1 atom stereocenters. The Kier molecular flexibility index (Phi) is 6.26. The van der Waals surface area contributed by atoms with Gasteiger partial charge in [0.2, 0.25) is 0 Å². The Bertz CT molecular complexity index is 196. The van der Waals surface area contributed by atoms with Crippen molar-refractivity contribution < 1.29 is 19.8 Å². The van der Waals surface area contributed by atoms with Crippen molar-refractivity contribution in [3.8, 4) is 0 Å². The molecule has 0 aromatic heterocycles. The first-order valence-electron chi connectivity index (χ1n) is 4.52. The number of carboxylic acid groups (broad SMARTS) is 2. The van der Waals surface area contributed by atoms with Gasteiger partial charge in [0.25, 0.3) is 0 Å². The lowest BCUT2D eigenvalue weighted by atomic mass is 10.1. The first-order chi connectivity index (χ1) is 6.56. The maximum atomic E-state index is 10.3. The third-order valence-corrected chi connectivity index (χ3v) is 1.73. The van der Waals surface area contributed by atoms with Gasteiger partial charge in [-0.25, -0.2) is 9.59 Å². The molecule has 2 amide bonds. The highest BCUT2D eigenvalue weighted by molar-refractivity contribution is 5.65. The highest BCUT2D eigenvalue weighted by atomic mass is 16.4. The van der Waals surface area contributed by atoms with Crippen molar-refractivity contribution in [3.63, 3.8) is 0 Å². The average molecular weight is 204 g/mol. The Morgan fingerprint density at radius 3 is 2.29 bits per heavy atom. The smallest absolute Gasteiger partial charge is 0.404 e. The fourth-order valence-electron chi connectivity index (χ4n) is 1.17. The molecule has 0 aliphatic carbocycles. The van der Waals surface area contributed by atoms with E-state index >= 15 is 0 Å². The summed E-state index contributed by atoms with van der Waals surface area (Å²) in [6, 6.07) is -0.177. The van der Waals surface area contributed by atoms with Crippen molar-refractivity contribution in [2.45, 2.75) is 32.2 Å². The van der Waals surface area contributed by atoms with E-state index in [4.69, 9.17) is 10.2 Å². The van der Waals surface area contributed by atoms with Crippen LogP contribution in [0.3, 0.4) is 0 Å². The van der Waals surface area contributed by atoms with Gasteiger partial charge in [-0.1, -0.05) is 13.3 Å². The predicted octanol–water partition coefficient (Wildman–Crippen LogP) is 1.08. The molecule has 4 N–H and O–H groups in total. The summed E-state index contributed by atoms with van der Waals surface area (Å²) in [6.45, 7) is 2.21. The minimum absolute atomic E-state index is 0.177. The van der Waals surface area contributed by atoms with Crippen molar-refractivity contribution in [3.05, 3.63) is 0 Å². The number of amides is 2. The summed E-state index contributed by atoms with van der Waals surface area (Å²) in [6.07, 6.45) is -0.104. The Labute approximate surface area is 82.3 Å². The van der Waals surface area contributed by atoms with Crippen LogP contribution in [0.15, 0.2) is 0 Å². The second kappa shape index (κ2) is 6.99. The molecule has 0 spiro atoms. The lowest BCUT2D eigenvalue weighted by molar-refractivity contribution is 0.187. The van der Waals surface area contributed by atoms with Crippen molar-refractivity contribution in [2.75, 3.05) is 6.54 Å². The van der Waals surface area contributed by atoms with Gasteiger partial charge in [-0.3, -0.25) is 0 Å². The quantitative estimate of drug-likeness (QED) is 0.520. The molecule has 0 rings (SSSR count). The molecule has 0 bridgehead atoms. The molecule has 82 valence electrons. The molecule has 0 aliphatic rings. The van der Waals surface area contributed by atoms with Gasteiger partial charge in [0, 0.05) is 12.6 Å². The van der Waals surface area contributed by atoms with Crippen LogP contribution in [-0.2, 0) is 0 Å². The molecule has 1 unspecified atom stereocenters. The van der Waals surface area contributed by atoms with E-state index in [-0.39, 0.29) is 12.6 Å². The zero-order chi connectivity index (χ0) is 11.0. The lowest BCUT2D eigenvalue weighted by Gasteiger charge is -2.15. The van der Waals surface area contributed by atoms with E-state index in [0.717, 1.165) is 6.42 Å². The fraction of sp³-hybridized carbons (Fsp3) is 0.750. The van der Waals surface area contributed by atoms with Crippen molar-refractivity contribution in [1.82, 2.24) is 10.6 Å². The van der Waals surface area contributed by atoms with E-state index in [1.807, 2.05) is 6.92 Å². The van der Waals surface area contributed by atoms with Gasteiger partial charge in [-0.2, -0.15) is 0 Å². The monoisotopic (exact) mass is 204 g/mol. The van der Waals surface area contributed by atoms with E-state index < -0.39 is 12.2 Å². The van der Waals surface area contributed by atoms with Crippen molar-refractivity contribution in [1.29, 1.82) is 0 Å². The molecule has 0 saturated heterocycles. The third-order valence-electron chi connectivity index (χ3n) is 1.73. The predicted molar refractivity (Wildman–Crippen MR) is 50.5 cm³/mol. The molecule has 0 radical (unpaired) electrons. The summed E-state index contributed by atoms with van der Waals surface area (Å²) >= 11 is 0. The normalized spacial score (nSPS) is 11.8. The van der Waals surface area contributed by atoms with Crippen LogP contribution < -0.4 is 10.6 Å². The minimum Gasteiger partial charge on any atom is -0.465 e. The molecule has 0 aromatic carbocycles. The van der Waals surface area contributed by atoms with E-state index in [9.17, 15) is 9.59 Å². The molecule has 0 fully saturated rings. The molecule has 0 heterocycles. The maximum absolute atomic E-state index is 10.3. The van der Waals surface area contributed by atoms with Crippen LogP contribution in [0.1, 0.15) is 26.2 Å². The number of rotatable bonds is 6. The van der Waals surface area contributed by atoms with Crippen LogP contribution >= 0.6 is 0 Å². The molecule has 0 aromatic rings. The summed E-state index contributed by atoms with van der Waals surface area (Å²) in [5, 5.41) is 21.3. The van der Waals surface area contributed by atoms with Crippen LogP contribution in [0.4, 0.5) is 9.59 Å². The van der Waals surface area contributed by atoms with Gasteiger partial charge in [0.05, 0.1) is 0 Å². The molecular formula is C8H16N2O4. The van der Waals surface area contributed by atoms with Gasteiger partial charge in [0.15, 0.2) is 0 Å². The summed E-state index contributed by atoms with van der Waals surface area (Å²) < 4.78 is 0. The average Bonchev–Trinajstić information content (AvgIpc) is 2.02. The van der Waals surface area contributed by atoms with Gasteiger partial charge < -0.3 is 20.8 Å². The second-order valence-electron chi connectivity index (χ2n) is 2.96. The first kappa shape index (κ1) is 12.5. The molecule has 14 heavy (non-hydrogen) atoms. The van der Waals surface area contributed by atoms with E-state index in [2.05, 4.69) is 10.6 Å². The summed E-state index contributed by atoms with van der Waals surface area (Å²) in [5.74, 6) is 0. The van der Waals surface area contributed by atoms with Crippen molar-refractivity contribution in [2.24, 2.45) is 0 Å². The first-order valence-corrected chi connectivity index (χ1v) is 4.52. The summed E-state index contributed by atoms with van der Waals surface area (Å²) in [4.78, 5) is 20.4. The largest absolute Gasteiger partial charge is 0.465 e. The van der Waals surface area contributed by atoms with Crippen LogP contribution in [0.2, 0.25) is 0 Å². The highest BCUT2D eigenvalue weighted by Gasteiger charge is 2.10. The van der Waals surface area contributed by atoms with E-state index in [0.29, 0.717) is 12.8 Å². The van der Waals surface area contributed by atoms with Crippen LogP contribution in [-0.4, -0.2) is 35.0 Å². The van der Waals surface area contributed by atoms with Crippen molar-refractivity contribution >= 4 is 12.2 Å². The highest BCUT2D eigenvalue weighted by Crippen LogP contribution is 2.00. The number of hydrogen-bond acceptors (Lipinski definition) is 2. The van der Waals surface area contributed by atoms with Crippen LogP contribution in [0.25, 0.3) is 0 Å². The number of nitrogens with one attached hydrogen (secondary N) is 2. The van der Waals surface area contributed by atoms with Crippen LogP contribution in [0, 0.1) is 0 Å². The van der Waals surface area contributed by atoms with E-state index in [1.54, 1.807) is 0 Å². The number of carbonyl (C=O) groups is 2. The zero-order valence-electron chi connectivity index (χ0n) is 8.12. The van der Waals surface area contributed by atoms with Gasteiger partial charge >= 0.3 is 12.2 Å². The Balaban J connectivity index is 3.72. The van der Waals surface area contributed by atoms with Crippen LogP contribution in [0.5, 0.6) is 0 Å². The van der Waals surface area contributed by atoms with Gasteiger partial charge in [0.1, 0.15) is 0 Å². The van der Waals surface area contributed by atoms with Gasteiger partial charge in [-0.15, -0.1) is 0 Å². The third kappa shape index (κ3) is 7.20. The molecule has 0 aliphatic heterocycles. The Morgan fingerprint density at radius 2 is 1.86 bits per heavy atom. The second-order valence-corrected chi connectivity index (χ2v) is 2.96. The summed E-state index contributed by atoms with van der Waals surface area (Å²) in [7, 11) is 0. The Hall–Kier alpha value is -1.46. The SMILES string of the molecule is CCCC(CCNC(=O)O)NC(=O)O.